The van der Waals surface area contributed by atoms with Crippen LogP contribution >= 0.6 is 27.3 Å². The van der Waals surface area contributed by atoms with Crippen LogP contribution in [0.1, 0.15) is 23.7 Å². The number of nitrogens with one attached hydrogen (secondary N) is 1. The van der Waals surface area contributed by atoms with Gasteiger partial charge in [0.2, 0.25) is 0 Å². The van der Waals surface area contributed by atoms with E-state index in [0.717, 1.165) is 15.2 Å². The van der Waals surface area contributed by atoms with Gasteiger partial charge >= 0.3 is 5.97 Å². The van der Waals surface area contributed by atoms with Crippen LogP contribution in [0.15, 0.2) is 34.1 Å². The third-order valence-corrected chi connectivity index (χ3v) is 3.88. The average molecular weight is 355 g/mol. The van der Waals surface area contributed by atoms with Crippen LogP contribution in [-0.2, 0) is 9.53 Å². The zero-order valence-electron chi connectivity index (χ0n) is 11.2. The van der Waals surface area contributed by atoms with E-state index < -0.39 is 6.04 Å². The molecule has 0 bridgehead atoms. The first-order chi connectivity index (χ1) is 9.60. The number of ether oxygens (including phenoxy) is 1. The number of hydrogen-bond donors (Lipinski definition) is 1. The van der Waals surface area contributed by atoms with Crippen molar-refractivity contribution < 1.29 is 9.53 Å². The van der Waals surface area contributed by atoms with E-state index in [0.29, 0.717) is 12.3 Å². The number of aryl methyl sites for hydroxylation is 1. The van der Waals surface area contributed by atoms with Crippen LogP contribution in [0.25, 0.3) is 0 Å². The quantitative estimate of drug-likeness (QED) is 0.826. The number of benzene rings is 1. The summed E-state index contributed by atoms with van der Waals surface area (Å²) in [5.41, 5.74) is 1.52. The molecule has 0 aliphatic heterocycles. The number of thiazole rings is 1. The van der Waals surface area contributed by atoms with Gasteiger partial charge in [0.15, 0.2) is 6.04 Å². The molecule has 20 heavy (non-hydrogen) atoms. The van der Waals surface area contributed by atoms with Gasteiger partial charge < -0.3 is 10.1 Å². The normalized spacial score (nSPS) is 11.9. The molecule has 1 N–H and O–H groups in total. The Labute approximate surface area is 130 Å². The lowest BCUT2D eigenvalue weighted by Crippen LogP contribution is -2.23. The van der Waals surface area contributed by atoms with Gasteiger partial charge in [0, 0.05) is 15.5 Å². The van der Waals surface area contributed by atoms with E-state index in [1.165, 1.54) is 11.3 Å². The minimum atomic E-state index is -0.589. The molecule has 0 aliphatic rings. The van der Waals surface area contributed by atoms with E-state index in [-0.39, 0.29) is 5.97 Å². The molecule has 4 nitrogen and oxygen atoms in total. The second-order valence-electron chi connectivity index (χ2n) is 4.13. The molecular weight excluding hydrogens is 340 g/mol. The van der Waals surface area contributed by atoms with Crippen LogP contribution in [0, 0.1) is 6.92 Å². The Hall–Kier alpha value is -1.40. The SMILES string of the molecule is CCOC(=O)C(Nc1cccc(Br)c1)c1csc(C)n1. The van der Waals surface area contributed by atoms with E-state index in [1.807, 2.05) is 36.6 Å². The van der Waals surface area contributed by atoms with Crippen molar-refractivity contribution in [2.45, 2.75) is 19.9 Å². The standard InChI is InChI=1S/C14H15BrN2O2S/c1-3-19-14(18)13(12-8-20-9(2)16-12)17-11-6-4-5-10(15)7-11/h4-8,13,17H,3H2,1-2H3. The summed E-state index contributed by atoms with van der Waals surface area (Å²) < 4.78 is 6.07. The van der Waals surface area contributed by atoms with Crippen LogP contribution in [-0.4, -0.2) is 17.6 Å². The van der Waals surface area contributed by atoms with Gasteiger partial charge in [-0.3, -0.25) is 0 Å². The summed E-state index contributed by atoms with van der Waals surface area (Å²) in [6.07, 6.45) is 0. The molecule has 0 fully saturated rings. The van der Waals surface area contributed by atoms with E-state index in [2.05, 4.69) is 26.2 Å². The topological polar surface area (TPSA) is 51.2 Å². The highest BCUT2D eigenvalue weighted by Crippen LogP contribution is 2.24. The summed E-state index contributed by atoms with van der Waals surface area (Å²) in [6, 6.07) is 7.05. The van der Waals surface area contributed by atoms with Crippen molar-refractivity contribution in [1.29, 1.82) is 0 Å². The Morgan fingerprint density at radius 3 is 2.95 bits per heavy atom. The summed E-state index contributed by atoms with van der Waals surface area (Å²) in [4.78, 5) is 16.5. The molecule has 0 amide bonds. The van der Waals surface area contributed by atoms with E-state index >= 15 is 0 Å². The van der Waals surface area contributed by atoms with Crippen LogP contribution in [0.4, 0.5) is 5.69 Å². The van der Waals surface area contributed by atoms with Crippen LogP contribution < -0.4 is 5.32 Å². The summed E-state index contributed by atoms with van der Waals surface area (Å²) in [6.45, 7) is 4.05. The molecule has 0 aliphatic carbocycles. The number of rotatable bonds is 5. The molecule has 1 atom stereocenters. The lowest BCUT2D eigenvalue weighted by molar-refractivity contribution is -0.144. The number of esters is 1. The maximum Gasteiger partial charge on any atom is 0.334 e. The van der Waals surface area contributed by atoms with Gasteiger partial charge in [-0.15, -0.1) is 11.3 Å². The van der Waals surface area contributed by atoms with Gasteiger partial charge in [-0.05, 0) is 32.0 Å². The highest BCUT2D eigenvalue weighted by atomic mass is 79.9. The molecule has 0 saturated heterocycles. The van der Waals surface area contributed by atoms with Gasteiger partial charge in [0.05, 0.1) is 17.3 Å². The van der Waals surface area contributed by atoms with E-state index in [9.17, 15) is 4.79 Å². The second-order valence-corrected chi connectivity index (χ2v) is 6.11. The maximum absolute atomic E-state index is 12.1. The zero-order valence-corrected chi connectivity index (χ0v) is 13.6. The Bertz CT molecular complexity index is 600. The summed E-state index contributed by atoms with van der Waals surface area (Å²) >= 11 is 4.92. The molecule has 0 radical (unpaired) electrons. The first-order valence-electron chi connectivity index (χ1n) is 6.21. The van der Waals surface area contributed by atoms with Crippen molar-refractivity contribution in [3.63, 3.8) is 0 Å². The zero-order chi connectivity index (χ0) is 14.5. The minimum absolute atomic E-state index is 0.322. The minimum Gasteiger partial charge on any atom is -0.464 e. The molecule has 6 heteroatoms. The van der Waals surface area contributed by atoms with Crippen molar-refractivity contribution in [1.82, 2.24) is 4.98 Å². The molecule has 1 heterocycles. The van der Waals surface area contributed by atoms with Crippen LogP contribution in [0.5, 0.6) is 0 Å². The van der Waals surface area contributed by atoms with Gasteiger partial charge in [-0.25, -0.2) is 9.78 Å². The van der Waals surface area contributed by atoms with Crippen molar-refractivity contribution in [3.8, 4) is 0 Å². The van der Waals surface area contributed by atoms with Crippen molar-refractivity contribution >= 4 is 38.9 Å². The van der Waals surface area contributed by atoms with Gasteiger partial charge in [-0.2, -0.15) is 0 Å². The second kappa shape index (κ2) is 6.85. The lowest BCUT2D eigenvalue weighted by atomic mass is 10.2. The fourth-order valence-electron chi connectivity index (χ4n) is 1.74. The predicted octanol–water partition coefficient (Wildman–Crippen LogP) is 3.93. The van der Waals surface area contributed by atoms with Crippen molar-refractivity contribution in [3.05, 3.63) is 44.8 Å². The number of anilines is 1. The maximum atomic E-state index is 12.1. The predicted molar refractivity (Wildman–Crippen MR) is 84.0 cm³/mol. The van der Waals surface area contributed by atoms with E-state index in [4.69, 9.17) is 4.74 Å². The average Bonchev–Trinajstić information content (AvgIpc) is 2.83. The number of hydrogen-bond acceptors (Lipinski definition) is 5. The van der Waals surface area contributed by atoms with Crippen molar-refractivity contribution in [2.24, 2.45) is 0 Å². The number of carbonyl (C=O) groups excluding carboxylic acids is 1. The Kier molecular flexibility index (Phi) is 5.14. The van der Waals surface area contributed by atoms with Crippen LogP contribution in [0.3, 0.4) is 0 Å². The Morgan fingerprint density at radius 1 is 1.55 bits per heavy atom. The third-order valence-electron chi connectivity index (χ3n) is 2.59. The highest BCUT2D eigenvalue weighted by Gasteiger charge is 2.24. The number of aromatic nitrogens is 1. The molecule has 0 spiro atoms. The Balaban J connectivity index is 2.25. The van der Waals surface area contributed by atoms with Crippen molar-refractivity contribution in [2.75, 3.05) is 11.9 Å². The highest BCUT2D eigenvalue weighted by molar-refractivity contribution is 9.10. The van der Waals surface area contributed by atoms with E-state index in [1.54, 1.807) is 6.92 Å². The number of halogens is 1. The molecule has 1 unspecified atom stereocenters. The molecule has 0 saturated carbocycles. The first kappa shape index (κ1) is 15.0. The third kappa shape index (κ3) is 3.80. The van der Waals surface area contributed by atoms with Gasteiger partial charge in [0.1, 0.15) is 0 Å². The fraction of sp³-hybridized carbons (Fsp3) is 0.286. The number of nitrogens with zero attached hydrogens (tertiary/aromatic N) is 1. The number of carbonyl (C=O) groups is 1. The summed E-state index contributed by atoms with van der Waals surface area (Å²) in [5.74, 6) is -0.322. The summed E-state index contributed by atoms with van der Waals surface area (Å²) in [5, 5.41) is 5.97. The molecule has 2 rings (SSSR count). The van der Waals surface area contributed by atoms with Gasteiger partial charge in [0.25, 0.3) is 0 Å². The first-order valence-corrected chi connectivity index (χ1v) is 7.88. The fourth-order valence-corrected chi connectivity index (χ4v) is 2.77. The molecule has 106 valence electrons. The van der Waals surface area contributed by atoms with Gasteiger partial charge in [-0.1, -0.05) is 22.0 Å². The Morgan fingerprint density at radius 2 is 2.35 bits per heavy atom. The lowest BCUT2D eigenvalue weighted by Gasteiger charge is -2.16. The molecule has 1 aromatic heterocycles. The summed E-state index contributed by atoms with van der Waals surface area (Å²) in [7, 11) is 0. The molecule has 2 aromatic rings. The molecule has 1 aromatic carbocycles. The smallest absolute Gasteiger partial charge is 0.334 e. The van der Waals surface area contributed by atoms with Crippen LogP contribution in [0.2, 0.25) is 0 Å². The largest absolute Gasteiger partial charge is 0.464 e. The monoisotopic (exact) mass is 354 g/mol. The molecular formula is C14H15BrN2O2S.